The molecular weight excluding hydrogens is 422 g/mol. The molecule has 0 radical (unpaired) electrons. The smallest absolute Gasteiger partial charge is 0.267 e. The van der Waals surface area contributed by atoms with Crippen LogP contribution in [0.25, 0.3) is 6.08 Å². The fraction of sp³-hybridized carbons (Fsp3) is 0.286. The van der Waals surface area contributed by atoms with Crippen LogP contribution in [0.15, 0.2) is 63.0 Å². The summed E-state index contributed by atoms with van der Waals surface area (Å²) < 4.78 is 1.02. The van der Waals surface area contributed by atoms with E-state index in [2.05, 4.69) is 20.9 Å². The first kappa shape index (κ1) is 18.4. The quantitative estimate of drug-likeness (QED) is 0.566. The Labute approximate surface area is 171 Å². The average Bonchev–Trinajstić information content (AvgIpc) is 3.00. The fourth-order valence-corrected chi connectivity index (χ4v) is 4.77. The van der Waals surface area contributed by atoms with Gasteiger partial charge in [0, 0.05) is 16.7 Å². The second-order valence-corrected chi connectivity index (χ2v) is 8.64. The van der Waals surface area contributed by atoms with Gasteiger partial charge in [0.05, 0.1) is 4.91 Å². The molecule has 6 heteroatoms. The van der Waals surface area contributed by atoms with Gasteiger partial charge in [0.25, 0.3) is 5.91 Å². The largest absolute Gasteiger partial charge is 0.283 e. The Bertz CT molecular complexity index is 874. The predicted molar refractivity (Wildman–Crippen MR) is 115 cm³/mol. The number of amidine groups is 1. The summed E-state index contributed by atoms with van der Waals surface area (Å²) in [4.78, 5) is 24.8. The third-order valence-electron chi connectivity index (χ3n) is 4.80. The van der Waals surface area contributed by atoms with Crippen molar-refractivity contribution in [1.82, 2.24) is 9.88 Å². The standard InChI is InChI=1S/C21H20BrN3OS/c22-16-11-9-15(10-12-16)14-18-20(26)25(17-6-2-1-3-7-17)21(27-18)24-19-8-4-5-13-23-19/h4-5,8-14,17H,1-3,6-7H2/b18-14-,24-21+. The maximum Gasteiger partial charge on any atom is 0.267 e. The predicted octanol–water partition coefficient (Wildman–Crippen LogP) is 5.78. The molecule has 2 heterocycles. The Hall–Kier alpha value is -1.92. The molecule has 138 valence electrons. The van der Waals surface area contributed by atoms with Crippen molar-refractivity contribution in [2.45, 2.75) is 38.1 Å². The molecule has 2 aliphatic rings. The highest BCUT2D eigenvalue weighted by molar-refractivity contribution is 9.10. The number of halogens is 1. The summed E-state index contributed by atoms with van der Waals surface area (Å²) in [6.45, 7) is 0. The van der Waals surface area contributed by atoms with Crippen LogP contribution >= 0.6 is 27.7 Å². The van der Waals surface area contributed by atoms with E-state index >= 15 is 0 Å². The lowest BCUT2D eigenvalue weighted by Gasteiger charge is -2.30. The number of nitrogens with zero attached hydrogens (tertiary/aromatic N) is 3. The summed E-state index contributed by atoms with van der Waals surface area (Å²) in [6.07, 6.45) is 9.35. The van der Waals surface area contributed by atoms with Crippen molar-refractivity contribution < 1.29 is 4.79 Å². The Kier molecular flexibility index (Phi) is 5.74. The van der Waals surface area contributed by atoms with E-state index in [0.29, 0.717) is 5.82 Å². The van der Waals surface area contributed by atoms with Gasteiger partial charge in [0.2, 0.25) is 0 Å². The Morgan fingerprint density at radius 2 is 1.89 bits per heavy atom. The van der Waals surface area contributed by atoms with Crippen LogP contribution in [0.5, 0.6) is 0 Å². The average molecular weight is 442 g/mol. The van der Waals surface area contributed by atoms with Crippen LogP contribution in [0, 0.1) is 0 Å². The lowest BCUT2D eigenvalue weighted by atomic mass is 9.94. The Morgan fingerprint density at radius 3 is 2.59 bits per heavy atom. The molecule has 27 heavy (non-hydrogen) atoms. The molecule has 2 aromatic rings. The van der Waals surface area contributed by atoms with Crippen LogP contribution in [0.3, 0.4) is 0 Å². The van der Waals surface area contributed by atoms with Gasteiger partial charge < -0.3 is 0 Å². The monoisotopic (exact) mass is 441 g/mol. The molecule has 0 atom stereocenters. The first-order valence-electron chi connectivity index (χ1n) is 9.19. The molecule has 4 rings (SSSR count). The number of benzene rings is 1. The number of aliphatic imine (C=N–C) groups is 1. The third kappa shape index (κ3) is 4.33. The molecular formula is C21H20BrN3OS. The minimum absolute atomic E-state index is 0.0597. The first-order chi connectivity index (χ1) is 13.2. The number of aromatic nitrogens is 1. The number of hydrogen-bond donors (Lipinski definition) is 0. The van der Waals surface area contributed by atoms with Crippen molar-refractivity contribution in [3.8, 4) is 0 Å². The van der Waals surface area contributed by atoms with Gasteiger partial charge in [-0.25, -0.2) is 9.98 Å². The summed E-state index contributed by atoms with van der Waals surface area (Å²) in [5.41, 5.74) is 1.01. The summed E-state index contributed by atoms with van der Waals surface area (Å²) >= 11 is 4.90. The van der Waals surface area contributed by atoms with Gasteiger partial charge in [-0.1, -0.05) is 53.4 Å². The van der Waals surface area contributed by atoms with Crippen LogP contribution in [-0.4, -0.2) is 27.0 Å². The maximum absolute atomic E-state index is 13.2. The molecule has 1 aromatic carbocycles. The SMILES string of the molecule is O=C1/C(=C/c2ccc(Br)cc2)S/C(=N/c2ccccn2)N1C1CCCCC1. The maximum atomic E-state index is 13.2. The van der Waals surface area contributed by atoms with Gasteiger partial charge in [0.1, 0.15) is 0 Å². The Morgan fingerprint density at radius 1 is 1.11 bits per heavy atom. The number of hydrogen-bond acceptors (Lipinski definition) is 4. The normalized spacial score (nSPS) is 21.4. The summed E-state index contributed by atoms with van der Waals surface area (Å²) in [6, 6.07) is 13.9. The zero-order chi connectivity index (χ0) is 18.6. The molecule has 4 nitrogen and oxygen atoms in total. The number of thioether (sulfide) groups is 1. The topological polar surface area (TPSA) is 45.6 Å². The number of rotatable bonds is 3. The van der Waals surface area contributed by atoms with Crippen molar-refractivity contribution in [1.29, 1.82) is 0 Å². The molecule has 2 fully saturated rings. The highest BCUT2D eigenvalue weighted by atomic mass is 79.9. The summed E-state index contributed by atoms with van der Waals surface area (Å²) in [7, 11) is 0. The first-order valence-corrected chi connectivity index (χ1v) is 10.8. The van der Waals surface area contributed by atoms with Crippen molar-refractivity contribution in [3.05, 3.63) is 63.6 Å². The van der Waals surface area contributed by atoms with E-state index in [1.807, 2.05) is 53.4 Å². The van der Waals surface area contributed by atoms with E-state index < -0.39 is 0 Å². The van der Waals surface area contributed by atoms with Crippen LogP contribution in [-0.2, 0) is 4.79 Å². The highest BCUT2D eigenvalue weighted by Crippen LogP contribution is 2.38. The zero-order valence-electron chi connectivity index (χ0n) is 14.8. The van der Waals surface area contributed by atoms with Gasteiger partial charge >= 0.3 is 0 Å². The second-order valence-electron chi connectivity index (χ2n) is 6.71. The van der Waals surface area contributed by atoms with Crippen LogP contribution in [0.2, 0.25) is 0 Å². The van der Waals surface area contributed by atoms with Gasteiger partial charge in [-0.15, -0.1) is 0 Å². The molecule has 0 bridgehead atoms. The zero-order valence-corrected chi connectivity index (χ0v) is 17.2. The fourth-order valence-electron chi connectivity index (χ4n) is 3.45. The number of carbonyl (C=O) groups excluding carboxylic acids is 1. The van der Waals surface area contributed by atoms with Gasteiger partial charge in [-0.05, 0) is 60.5 Å². The highest BCUT2D eigenvalue weighted by Gasteiger charge is 2.38. The van der Waals surface area contributed by atoms with Crippen LogP contribution in [0.4, 0.5) is 5.82 Å². The van der Waals surface area contributed by atoms with Crippen LogP contribution < -0.4 is 0 Å². The molecule has 1 amide bonds. The summed E-state index contributed by atoms with van der Waals surface area (Å²) in [5.74, 6) is 0.697. The minimum atomic E-state index is 0.0597. The molecule has 0 unspecified atom stereocenters. The lowest BCUT2D eigenvalue weighted by Crippen LogP contribution is -2.40. The van der Waals surface area contributed by atoms with Crippen molar-refractivity contribution >= 4 is 50.7 Å². The lowest BCUT2D eigenvalue weighted by molar-refractivity contribution is -0.124. The van der Waals surface area contributed by atoms with Gasteiger partial charge in [-0.3, -0.25) is 9.69 Å². The van der Waals surface area contributed by atoms with E-state index in [1.54, 1.807) is 6.20 Å². The van der Waals surface area contributed by atoms with E-state index in [1.165, 1.54) is 31.0 Å². The van der Waals surface area contributed by atoms with Crippen LogP contribution in [0.1, 0.15) is 37.7 Å². The molecule has 1 saturated heterocycles. The Balaban J connectivity index is 1.68. The van der Waals surface area contributed by atoms with E-state index in [4.69, 9.17) is 4.99 Å². The number of pyridine rings is 1. The summed E-state index contributed by atoms with van der Waals surface area (Å²) in [5, 5.41) is 0.744. The van der Waals surface area contributed by atoms with Gasteiger partial charge in [0.15, 0.2) is 11.0 Å². The molecule has 1 aliphatic carbocycles. The van der Waals surface area contributed by atoms with E-state index in [9.17, 15) is 4.79 Å². The second kappa shape index (κ2) is 8.40. The van der Waals surface area contributed by atoms with Crippen molar-refractivity contribution in [2.24, 2.45) is 4.99 Å². The van der Waals surface area contributed by atoms with Gasteiger partial charge in [-0.2, -0.15) is 0 Å². The number of amides is 1. The molecule has 1 aromatic heterocycles. The minimum Gasteiger partial charge on any atom is -0.283 e. The number of carbonyl (C=O) groups is 1. The molecule has 1 aliphatic heterocycles. The molecule has 1 saturated carbocycles. The van der Waals surface area contributed by atoms with Crippen molar-refractivity contribution in [3.63, 3.8) is 0 Å². The van der Waals surface area contributed by atoms with E-state index in [-0.39, 0.29) is 11.9 Å². The van der Waals surface area contributed by atoms with E-state index in [0.717, 1.165) is 33.0 Å². The molecule has 0 spiro atoms. The van der Waals surface area contributed by atoms with Crippen molar-refractivity contribution in [2.75, 3.05) is 0 Å². The molecule has 0 N–H and O–H groups in total. The third-order valence-corrected chi connectivity index (χ3v) is 6.32.